The summed E-state index contributed by atoms with van der Waals surface area (Å²) in [6, 6.07) is 9.82. The first-order chi connectivity index (χ1) is 13.6. The van der Waals surface area contributed by atoms with Crippen molar-refractivity contribution in [2.24, 2.45) is 5.10 Å². The largest absolute Gasteiger partial charge is 0.484 e. The van der Waals surface area contributed by atoms with Crippen molar-refractivity contribution < 1.29 is 14.3 Å². The van der Waals surface area contributed by atoms with Gasteiger partial charge < -0.3 is 14.0 Å². The highest BCUT2D eigenvalue weighted by Crippen LogP contribution is 2.19. The van der Waals surface area contributed by atoms with Crippen molar-refractivity contribution in [3.8, 4) is 5.75 Å². The predicted molar refractivity (Wildman–Crippen MR) is 110 cm³/mol. The number of benzene rings is 1. The molecule has 1 fully saturated rings. The predicted octanol–water partition coefficient (Wildman–Crippen LogP) is 3.38. The summed E-state index contributed by atoms with van der Waals surface area (Å²) in [4.78, 5) is 11.9. The lowest BCUT2D eigenvalue weighted by Crippen LogP contribution is -2.24. The SMILES string of the molecule is CCc1ccc(OCC(=O)N/N=C\c2cc(C)n(C[C@H]3CCCO3)c2C)cc1. The molecule has 1 N–H and O–H groups in total. The van der Waals surface area contributed by atoms with E-state index >= 15 is 0 Å². The van der Waals surface area contributed by atoms with Gasteiger partial charge in [-0.15, -0.1) is 0 Å². The molecule has 28 heavy (non-hydrogen) atoms. The molecule has 6 nitrogen and oxygen atoms in total. The molecule has 150 valence electrons. The molecule has 0 radical (unpaired) electrons. The maximum atomic E-state index is 11.9. The van der Waals surface area contributed by atoms with Crippen LogP contribution in [0.5, 0.6) is 5.75 Å². The zero-order valence-corrected chi connectivity index (χ0v) is 16.9. The number of hydrogen-bond donors (Lipinski definition) is 1. The van der Waals surface area contributed by atoms with E-state index in [1.807, 2.05) is 24.3 Å². The van der Waals surface area contributed by atoms with Gasteiger partial charge in [-0.1, -0.05) is 19.1 Å². The van der Waals surface area contributed by atoms with Gasteiger partial charge in [-0.05, 0) is 56.9 Å². The van der Waals surface area contributed by atoms with Gasteiger partial charge in [0.05, 0.1) is 12.3 Å². The smallest absolute Gasteiger partial charge is 0.277 e. The summed E-state index contributed by atoms with van der Waals surface area (Å²) >= 11 is 0. The summed E-state index contributed by atoms with van der Waals surface area (Å²) in [7, 11) is 0. The fourth-order valence-corrected chi connectivity index (χ4v) is 3.41. The Bertz CT molecular complexity index is 818. The summed E-state index contributed by atoms with van der Waals surface area (Å²) in [6.45, 7) is 7.89. The van der Waals surface area contributed by atoms with Crippen LogP contribution in [0.1, 0.15) is 42.3 Å². The minimum absolute atomic E-state index is 0.0686. The van der Waals surface area contributed by atoms with Crippen LogP contribution in [0.2, 0.25) is 0 Å². The first kappa shape index (κ1) is 20.1. The fraction of sp³-hybridized carbons (Fsp3) is 0.455. The molecule has 1 aliphatic heterocycles. The Hall–Kier alpha value is -2.60. The molecule has 1 aromatic heterocycles. The van der Waals surface area contributed by atoms with Crippen molar-refractivity contribution in [1.29, 1.82) is 0 Å². The van der Waals surface area contributed by atoms with Crippen LogP contribution in [0, 0.1) is 13.8 Å². The van der Waals surface area contributed by atoms with Crippen LogP contribution < -0.4 is 10.2 Å². The molecule has 0 aliphatic carbocycles. The number of carbonyl (C=O) groups is 1. The highest BCUT2D eigenvalue weighted by atomic mass is 16.5. The molecular weight excluding hydrogens is 354 g/mol. The van der Waals surface area contributed by atoms with Crippen molar-refractivity contribution in [2.45, 2.75) is 52.7 Å². The molecule has 1 saturated heterocycles. The molecule has 3 rings (SSSR count). The highest BCUT2D eigenvalue weighted by molar-refractivity contribution is 5.84. The Kier molecular flexibility index (Phi) is 6.87. The van der Waals surface area contributed by atoms with Gasteiger partial charge in [0.15, 0.2) is 6.61 Å². The second-order valence-electron chi connectivity index (χ2n) is 7.15. The summed E-state index contributed by atoms with van der Waals surface area (Å²) in [5, 5.41) is 4.08. The maximum absolute atomic E-state index is 11.9. The third-order valence-corrected chi connectivity index (χ3v) is 5.12. The first-order valence-electron chi connectivity index (χ1n) is 9.88. The lowest BCUT2D eigenvalue weighted by molar-refractivity contribution is -0.123. The van der Waals surface area contributed by atoms with Gasteiger partial charge in [-0.2, -0.15) is 5.10 Å². The Balaban J connectivity index is 1.50. The molecule has 1 aromatic carbocycles. The maximum Gasteiger partial charge on any atom is 0.277 e. The van der Waals surface area contributed by atoms with Gasteiger partial charge in [0, 0.05) is 30.1 Å². The molecule has 1 atom stereocenters. The van der Waals surface area contributed by atoms with E-state index in [0.29, 0.717) is 5.75 Å². The van der Waals surface area contributed by atoms with Crippen LogP contribution >= 0.6 is 0 Å². The average molecular weight is 383 g/mol. The normalized spacial score (nSPS) is 16.6. The second kappa shape index (κ2) is 9.55. The molecule has 0 unspecified atom stereocenters. The van der Waals surface area contributed by atoms with Crippen molar-refractivity contribution >= 4 is 12.1 Å². The Labute approximate surface area is 166 Å². The number of ether oxygens (including phenoxy) is 2. The van der Waals surface area contributed by atoms with E-state index in [-0.39, 0.29) is 18.6 Å². The average Bonchev–Trinajstić information content (AvgIpc) is 3.31. The topological polar surface area (TPSA) is 64.8 Å². The number of amides is 1. The number of carbonyl (C=O) groups excluding carboxylic acids is 1. The number of nitrogens with one attached hydrogen (secondary N) is 1. The standard InChI is InChI=1S/C22H29N3O3/c1-4-18-7-9-20(10-8-18)28-15-22(26)24-23-13-19-12-16(2)25(17(19)3)14-21-6-5-11-27-21/h7-10,12-13,21H,4-6,11,14-15H2,1-3H3,(H,24,26)/b23-13-/t21-/m1/s1. The highest BCUT2D eigenvalue weighted by Gasteiger charge is 2.18. The van der Waals surface area contributed by atoms with Crippen LogP contribution in [0.25, 0.3) is 0 Å². The van der Waals surface area contributed by atoms with Crippen LogP contribution in [0.3, 0.4) is 0 Å². The van der Waals surface area contributed by atoms with Crippen LogP contribution in [0.15, 0.2) is 35.4 Å². The van der Waals surface area contributed by atoms with E-state index in [1.165, 1.54) is 11.3 Å². The molecule has 0 spiro atoms. The van der Waals surface area contributed by atoms with E-state index in [1.54, 1.807) is 6.21 Å². The lowest BCUT2D eigenvalue weighted by Gasteiger charge is -2.14. The van der Waals surface area contributed by atoms with Gasteiger partial charge in [-0.3, -0.25) is 4.79 Å². The van der Waals surface area contributed by atoms with Gasteiger partial charge >= 0.3 is 0 Å². The number of hydrogen-bond acceptors (Lipinski definition) is 4. The Morgan fingerprint density at radius 3 is 2.82 bits per heavy atom. The fourth-order valence-electron chi connectivity index (χ4n) is 3.41. The van der Waals surface area contributed by atoms with Crippen molar-refractivity contribution in [1.82, 2.24) is 9.99 Å². The number of aromatic nitrogens is 1. The van der Waals surface area contributed by atoms with Gasteiger partial charge in [0.2, 0.25) is 0 Å². The minimum atomic E-state index is -0.288. The third kappa shape index (κ3) is 5.23. The lowest BCUT2D eigenvalue weighted by atomic mass is 10.2. The minimum Gasteiger partial charge on any atom is -0.484 e. The zero-order chi connectivity index (χ0) is 19.9. The van der Waals surface area contributed by atoms with Crippen molar-refractivity contribution in [3.05, 3.63) is 52.8 Å². The quantitative estimate of drug-likeness (QED) is 0.561. The summed E-state index contributed by atoms with van der Waals surface area (Å²) < 4.78 is 13.5. The van der Waals surface area contributed by atoms with Gasteiger partial charge in [-0.25, -0.2) is 5.43 Å². The molecule has 0 bridgehead atoms. The molecule has 2 heterocycles. The van der Waals surface area contributed by atoms with E-state index < -0.39 is 0 Å². The molecule has 6 heteroatoms. The molecule has 2 aromatic rings. The second-order valence-corrected chi connectivity index (χ2v) is 7.15. The van der Waals surface area contributed by atoms with Crippen molar-refractivity contribution in [3.63, 3.8) is 0 Å². The van der Waals surface area contributed by atoms with E-state index in [9.17, 15) is 4.79 Å². The monoisotopic (exact) mass is 383 g/mol. The number of hydrazone groups is 1. The number of nitrogens with zero attached hydrogens (tertiary/aromatic N) is 2. The third-order valence-electron chi connectivity index (χ3n) is 5.12. The molecule has 0 saturated carbocycles. The van der Waals surface area contributed by atoms with Crippen LogP contribution in [-0.4, -0.2) is 36.0 Å². The number of rotatable bonds is 8. The Morgan fingerprint density at radius 1 is 1.36 bits per heavy atom. The van der Waals surface area contributed by atoms with Crippen molar-refractivity contribution in [2.75, 3.05) is 13.2 Å². The van der Waals surface area contributed by atoms with Gasteiger partial charge in [0.25, 0.3) is 5.91 Å². The summed E-state index contributed by atoms with van der Waals surface area (Å²) in [5.74, 6) is 0.387. The zero-order valence-electron chi connectivity index (χ0n) is 16.9. The van der Waals surface area contributed by atoms with E-state index in [2.05, 4.69) is 41.9 Å². The molecule has 1 amide bonds. The van der Waals surface area contributed by atoms with E-state index in [0.717, 1.165) is 43.7 Å². The first-order valence-corrected chi connectivity index (χ1v) is 9.88. The molecular formula is C22H29N3O3. The van der Waals surface area contributed by atoms with Crippen LogP contribution in [0.4, 0.5) is 0 Å². The molecule has 1 aliphatic rings. The van der Waals surface area contributed by atoms with Gasteiger partial charge in [0.1, 0.15) is 5.75 Å². The summed E-state index contributed by atoms with van der Waals surface area (Å²) in [5.41, 5.74) is 7.04. The number of aryl methyl sites for hydroxylation is 2. The van der Waals surface area contributed by atoms with Crippen LogP contribution in [-0.2, 0) is 22.5 Å². The van der Waals surface area contributed by atoms with E-state index in [4.69, 9.17) is 9.47 Å². The summed E-state index contributed by atoms with van der Waals surface area (Å²) in [6.07, 6.45) is 5.19. The Morgan fingerprint density at radius 2 is 2.14 bits per heavy atom.